The van der Waals surface area contributed by atoms with E-state index < -0.39 is 17.8 Å². The van der Waals surface area contributed by atoms with E-state index in [4.69, 9.17) is 0 Å². The number of alkyl halides is 3. The Morgan fingerprint density at radius 1 is 1.26 bits per heavy atom. The largest absolute Gasteiger partial charge is 0.416 e. The molecule has 1 aliphatic carbocycles. The highest BCUT2D eigenvalue weighted by Crippen LogP contribution is 2.39. The first-order valence-corrected chi connectivity index (χ1v) is 6.26. The van der Waals surface area contributed by atoms with Crippen molar-refractivity contribution < 1.29 is 18.0 Å². The molecule has 1 saturated carbocycles. The SMILES string of the molecule is O=C=NC(c1cccc(C(F)(F)F)c1)C1CCCC1. The van der Waals surface area contributed by atoms with E-state index in [0.29, 0.717) is 5.56 Å². The molecule has 102 valence electrons. The summed E-state index contributed by atoms with van der Waals surface area (Å²) < 4.78 is 38.1. The smallest absolute Gasteiger partial charge is 0.211 e. The monoisotopic (exact) mass is 269 g/mol. The fraction of sp³-hybridized carbons (Fsp3) is 0.500. The van der Waals surface area contributed by atoms with Crippen molar-refractivity contribution in [2.45, 2.75) is 37.9 Å². The van der Waals surface area contributed by atoms with Crippen LogP contribution in [0.5, 0.6) is 0 Å². The molecule has 19 heavy (non-hydrogen) atoms. The van der Waals surface area contributed by atoms with Gasteiger partial charge in [-0.15, -0.1) is 0 Å². The third kappa shape index (κ3) is 3.24. The first-order valence-electron chi connectivity index (χ1n) is 6.26. The molecule has 0 radical (unpaired) electrons. The molecule has 0 heterocycles. The van der Waals surface area contributed by atoms with Gasteiger partial charge in [0.2, 0.25) is 6.08 Å². The summed E-state index contributed by atoms with van der Waals surface area (Å²) in [6.07, 6.45) is 0.984. The fourth-order valence-electron chi connectivity index (χ4n) is 2.68. The molecule has 1 unspecified atom stereocenters. The second-order valence-corrected chi connectivity index (χ2v) is 4.83. The van der Waals surface area contributed by atoms with E-state index in [2.05, 4.69) is 4.99 Å². The molecular formula is C14H14F3NO. The van der Waals surface area contributed by atoms with Crippen LogP contribution in [0.1, 0.15) is 42.9 Å². The third-order valence-corrected chi connectivity index (χ3v) is 3.59. The van der Waals surface area contributed by atoms with E-state index in [-0.39, 0.29) is 5.92 Å². The van der Waals surface area contributed by atoms with Crippen molar-refractivity contribution in [1.29, 1.82) is 0 Å². The van der Waals surface area contributed by atoms with Crippen molar-refractivity contribution in [3.05, 3.63) is 35.4 Å². The van der Waals surface area contributed by atoms with Crippen LogP contribution < -0.4 is 0 Å². The molecule has 5 heteroatoms. The molecule has 1 aromatic rings. The van der Waals surface area contributed by atoms with Gasteiger partial charge in [0.05, 0.1) is 11.6 Å². The van der Waals surface area contributed by atoms with Crippen LogP contribution in [0, 0.1) is 5.92 Å². The van der Waals surface area contributed by atoms with Crippen LogP contribution >= 0.6 is 0 Å². The predicted molar refractivity (Wildman–Crippen MR) is 64.3 cm³/mol. The Bertz CT molecular complexity index is 486. The number of hydrogen-bond acceptors (Lipinski definition) is 2. The second kappa shape index (κ2) is 5.57. The third-order valence-electron chi connectivity index (χ3n) is 3.59. The minimum Gasteiger partial charge on any atom is -0.211 e. The Labute approximate surface area is 109 Å². The van der Waals surface area contributed by atoms with Gasteiger partial charge in [0, 0.05) is 0 Å². The van der Waals surface area contributed by atoms with Crippen molar-refractivity contribution in [1.82, 2.24) is 0 Å². The van der Waals surface area contributed by atoms with Gasteiger partial charge in [-0.2, -0.15) is 18.2 Å². The lowest BCUT2D eigenvalue weighted by atomic mass is 9.91. The van der Waals surface area contributed by atoms with Crippen molar-refractivity contribution in [2.24, 2.45) is 10.9 Å². The molecule has 2 nitrogen and oxygen atoms in total. The maximum Gasteiger partial charge on any atom is 0.416 e. The topological polar surface area (TPSA) is 29.4 Å². The summed E-state index contributed by atoms with van der Waals surface area (Å²) in [5, 5.41) is 0. The van der Waals surface area contributed by atoms with Crippen molar-refractivity contribution >= 4 is 6.08 Å². The molecule has 1 aliphatic rings. The van der Waals surface area contributed by atoms with Gasteiger partial charge < -0.3 is 0 Å². The number of rotatable bonds is 3. The van der Waals surface area contributed by atoms with Crippen LogP contribution in [-0.4, -0.2) is 6.08 Å². The van der Waals surface area contributed by atoms with Gasteiger partial charge in [-0.05, 0) is 36.5 Å². The van der Waals surface area contributed by atoms with Gasteiger partial charge in [0.15, 0.2) is 0 Å². The fourth-order valence-corrected chi connectivity index (χ4v) is 2.68. The van der Waals surface area contributed by atoms with Crippen molar-refractivity contribution in [3.8, 4) is 0 Å². The standard InChI is InChI=1S/C14H14F3NO/c15-14(16,17)12-7-3-6-11(8-12)13(18-9-19)10-4-1-2-5-10/h3,6-8,10,13H,1-2,4-5H2. The number of hydrogen-bond donors (Lipinski definition) is 0. The summed E-state index contributed by atoms with van der Waals surface area (Å²) in [7, 11) is 0. The summed E-state index contributed by atoms with van der Waals surface area (Å²) in [6.45, 7) is 0. The highest BCUT2D eigenvalue weighted by atomic mass is 19.4. The Morgan fingerprint density at radius 2 is 1.95 bits per heavy atom. The maximum absolute atomic E-state index is 12.7. The average Bonchev–Trinajstić information content (AvgIpc) is 2.88. The lowest BCUT2D eigenvalue weighted by Crippen LogP contribution is -2.10. The number of halogens is 3. The normalized spacial score (nSPS) is 18.1. The van der Waals surface area contributed by atoms with Crippen molar-refractivity contribution in [3.63, 3.8) is 0 Å². The van der Waals surface area contributed by atoms with Crippen LogP contribution in [0.2, 0.25) is 0 Å². The molecule has 0 N–H and O–H groups in total. The number of nitrogens with zero attached hydrogens (tertiary/aromatic N) is 1. The van der Waals surface area contributed by atoms with Gasteiger partial charge in [0.1, 0.15) is 0 Å². The van der Waals surface area contributed by atoms with E-state index in [9.17, 15) is 18.0 Å². The minimum atomic E-state index is -4.37. The minimum absolute atomic E-state index is 0.143. The summed E-state index contributed by atoms with van der Waals surface area (Å²) in [4.78, 5) is 14.2. The Kier molecular flexibility index (Phi) is 4.05. The van der Waals surface area contributed by atoms with Gasteiger partial charge in [0.25, 0.3) is 0 Å². The molecule has 0 aliphatic heterocycles. The molecule has 0 bridgehead atoms. The molecular weight excluding hydrogens is 255 g/mol. The summed E-state index contributed by atoms with van der Waals surface area (Å²) in [5.41, 5.74) is -0.251. The maximum atomic E-state index is 12.7. The highest BCUT2D eigenvalue weighted by molar-refractivity contribution is 5.37. The van der Waals surface area contributed by atoms with E-state index >= 15 is 0 Å². The molecule has 1 fully saturated rings. The zero-order chi connectivity index (χ0) is 13.9. The summed E-state index contributed by atoms with van der Waals surface area (Å²) in [5.74, 6) is 0.143. The molecule has 1 atom stereocenters. The van der Waals surface area contributed by atoms with E-state index in [1.807, 2.05) is 0 Å². The zero-order valence-electron chi connectivity index (χ0n) is 10.3. The van der Waals surface area contributed by atoms with Crippen LogP contribution in [0.15, 0.2) is 29.3 Å². The van der Waals surface area contributed by atoms with E-state index in [1.54, 1.807) is 6.07 Å². The van der Waals surface area contributed by atoms with Crippen LogP contribution in [0.3, 0.4) is 0 Å². The van der Waals surface area contributed by atoms with Gasteiger partial charge >= 0.3 is 6.18 Å². The van der Waals surface area contributed by atoms with Gasteiger partial charge in [-0.3, -0.25) is 0 Å². The number of aliphatic imine (C=N–C) groups is 1. The van der Waals surface area contributed by atoms with E-state index in [1.165, 1.54) is 12.1 Å². The summed E-state index contributed by atoms with van der Waals surface area (Å²) in [6, 6.07) is 4.57. The predicted octanol–water partition coefficient (Wildman–Crippen LogP) is 4.27. The Hall–Kier alpha value is -1.61. The highest BCUT2D eigenvalue weighted by Gasteiger charge is 2.32. The average molecular weight is 269 g/mol. The molecule has 2 rings (SSSR count). The van der Waals surface area contributed by atoms with Crippen LogP contribution in [0.4, 0.5) is 13.2 Å². The molecule has 0 aromatic heterocycles. The second-order valence-electron chi connectivity index (χ2n) is 4.83. The first-order chi connectivity index (χ1) is 9.02. The summed E-state index contributed by atoms with van der Waals surface area (Å²) >= 11 is 0. The quantitative estimate of drug-likeness (QED) is 0.595. The first kappa shape index (κ1) is 13.8. The van der Waals surface area contributed by atoms with Gasteiger partial charge in [-0.25, -0.2) is 4.79 Å². The molecule has 0 spiro atoms. The van der Waals surface area contributed by atoms with Crippen molar-refractivity contribution in [2.75, 3.05) is 0 Å². The molecule has 0 amide bonds. The molecule has 1 aromatic carbocycles. The molecule has 0 saturated heterocycles. The van der Waals surface area contributed by atoms with E-state index in [0.717, 1.165) is 37.8 Å². The van der Waals surface area contributed by atoms with Gasteiger partial charge in [-0.1, -0.05) is 25.0 Å². The number of benzene rings is 1. The Balaban J connectivity index is 2.33. The number of isocyanates is 1. The Morgan fingerprint density at radius 3 is 2.53 bits per heavy atom. The van der Waals surface area contributed by atoms with Crippen LogP contribution in [-0.2, 0) is 11.0 Å². The lowest BCUT2D eigenvalue weighted by molar-refractivity contribution is -0.137. The lowest BCUT2D eigenvalue weighted by Gasteiger charge is -2.19. The zero-order valence-corrected chi connectivity index (χ0v) is 10.3. The van der Waals surface area contributed by atoms with Crippen LogP contribution in [0.25, 0.3) is 0 Å². The number of carbonyl (C=O) groups excluding carboxylic acids is 1.